The van der Waals surface area contributed by atoms with Gasteiger partial charge < -0.3 is 9.64 Å². The van der Waals surface area contributed by atoms with Crippen molar-refractivity contribution in [3.8, 4) is 0 Å². The summed E-state index contributed by atoms with van der Waals surface area (Å²) in [5.41, 5.74) is -0.467. The van der Waals surface area contributed by atoms with Gasteiger partial charge in [-0.15, -0.1) is 11.8 Å². The van der Waals surface area contributed by atoms with Crippen LogP contribution in [-0.2, 0) is 4.74 Å². The number of hydrogen-bond acceptors (Lipinski definition) is 6. The molecule has 5 nitrogen and oxygen atoms in total. The lowest BCUT2D eigenvalue weighted by Gasteiger charge is -2.28. The van der Waals surface area contributed by atoms with Gasteiger partial charge in [0.05, 0.1) is 0 Å². The summed E-state index contributed by atoms with van der Waals surface area (Å²) in [4.78, 5) is 22.7. The maximum atomic E-state index is 12.3. The highest BCUT2D eigenvalue weighted by Crippen LogP contribution is 2.28. The third kappa shape index (κ3) is 5.72. The van der Waals surface area contributed by atoms with Gasteiger partial charge in [0.25, 0.3) is 0 Å². The molecule has 1 aromatic heterocycles. The molecule has 2 rings (SSSR count). The molecule has 1 aromatic rings. The number of likely N-dealkylation sites (tertiary alicyclic amines) is 1. The molecule has 1 atom stereocenters. The quantitative estimate of drug-likeness (QED) is 0.443. The Bertz CT molecular complexity index is 566. The van der Waals surface area contributed by atoms with Crippen LogP contribution in [0, 0.1) is 0 Å². The lowest BCUT2D eigenvalue weighted by molar-refractivity contribution is 0.0242. The second-order valence-corrected chi connectivity index (χ2v) is 8.50. The third-order valence-electron chi connectivity index (χ3n) is 3.26. The maximum absolute atomic E-state index is 12.3. The van der Waals surface area contributed by atoms with E-state index < -0.39 is 5.60 Å². The van der Waals surface area contributed by atoms with Gasteiger partial charge in [-0.3, -0.25) is 0 Å². The molecule has 0 radical (unpaired) electrons. The van der Waals surface area contributed by atoms with E-state index in [-0.39, 0.29) is 12.1 Å². The fourth-order valence-corrected chi connectivity index (χ4v) is 4.08. The minimum atomic E-state index is -0.467. The number of nitrogens with zero attached hydrogens (tertiary/aromatic N) is 3. The third-order valence-corrected chi connectivity index (χ3v) is 5.06. The second-order valence-electron chi connectivity index (χ2n) is 6.30. The zero-order valence-electron chi connectivity index (χ0n) is 13.8. The topological polar surface area (TPSA) is 55.3 Å². The molecule has 23 heavy (non-hydrogen) atoms. The van der Waals surface area contributed by atoms with Crippen molar-refractivity contribution in [3.05, 3.63) is 11.2 Å². The first-order valence-electron chi connectivity index (χ1n) is 7.49. The SMILES string of the molecule is CSc1nc(Cl)cc(SC[C@H]2CCCN2C(=O)OC(C)(C)C)n1. The van der Waals surface area contributed by atoms with Crippen LogP contribution in [0.25, 0.3) is 0 Å². The van der Waals surface area contributed by atoms with Crippen molar-refractivity contribution in [1.29, 1.82) is 0 Å². The molecule has 1 amide bonds. The smallest absolute Gasteiger partial charge is 0.410 e. The van der Waals surface area contributed by atoms with Crippen molar-refractivity contribution in [2.75, 3.05) is 18.6 Å². The van der Waals surface area contributed by atoms with Crippen LogP contribution in [0.15, 0.2) is 16.2 Å². The molecule has 8 heteroatoms. The van der Waals surface area contributed by atoms with Gasteiger partial charge in [0.1, 0.15) is 15.8 Å². The van der Waals surface area contributed by atoms with E-state index in [1.54, 1.807) is 17.8 Å². The first kappa shape index (κ1) is 18.7. The number of halogens is 1. The summed E-state index contributed by atoms with van der Waals surface area (Å²) in [7, 11) is 0. The first-order valence-corrected chi connectivity index (χ1v) is 10.1. The van der Waals surface area contributed by atoms with Gasteiger partial charge in [-0.1, -0.05) is 23.4 Å². The monoisotopic (exact) mass is 375 g/mol. The average molecular weight is 376 g/mol. The van der Waals surface area contributed by atoms with E-state index in [1.807, 2.05) is 31.9 Å². The van der Waals surface area contributed by atoms with E-state index in [0.717, 1.165) is 30.2 Å². The van der Waals surface area contributed by atoms with Gasteiger partial charge in [0.15, 0.2) is 5.16 Å². The molecule has 0 unspecified atom stereocenters. The van der Waals surface area contributed by atoms with Gasteiger partial charge in [-0.25, -0.2) is 14.8 Å². The molecule has 1 aliphatic rings. The molecule has 0 saturated carbocycles. The van der Waals surface area contributed by atoms with E-state index in [2.05, 4.69) is 9.97 Å². The fraction of sp³-hybridized carbons (Fsp3) is 0.667. The largest absolute Gasteiger partial charge is 0.444 e. The summed E-state index contributed by atoms with van der Waals surface area (Å²) in [6, 6.07) is 1.93. The zero-order valence-corrected chi connectivity index (χ0v) is 16.2. The number of ether oxygens (including phenoxy) is 1. The van der Waals surface area contributed by atoms with E-state index in [4.69, 9.17) is 16.3 Å². The number of carbonyl (C=O) groups excluding carboxylic acids is 1. The van der Waals surface area contributed by atoms with Crippen LogP contribution < -0.4 is 0 Å². The Hall–Kier alpha value is -0.660. The van der Waals surface area contributed by atoms with E-state index in [9.17, 15) is 4.79 Å². The number of amides is 1. The summed E-state index contributed by atoms with van der Waals surface area (Å²) in [6.45, 7) is 6.41. The van der Waals surface area contributed by atoms with Crippen LogP contribution in [-0.4, -0.2) is 51.2 Å². The van der Waals surface area contributed by atoms with Crippen LogP contribution in [0.5, 0.6) is 0 Å². The summed E-state index contributed by atoms with van der Waals surface area (Å²) in [5.74, 6) is 0.778. The molecule has 1 aliphatic heterocycles. The molecule has 0 N–H and O–H groups in total. The van der Waals surface area contributed by atoms with Crippen LogP contribution in [0.2, 0.25) is 5.15 Å². The molecule has 0 spiro atoms. The average Bonchev–Trinajstić information content (AvgIpc) is 2.91. The Morgan fingerprint density at radius 2 is 2.22 bits per heavy atom. The van der Waals surface area contributed by atoms with Crippen molar-refractivity contribution in [2.45, 2.75) is 55.4 Å². The van der Waals surface area contributed by atoms with Crippen LogP contribution >= 0.6 is 35.1 Å². The van der Waals surface area contributed by atoms with E-state index in [0.29, 0.717) is 10.3 Å². The standard InChI is InChI=1S/C15H22ClN3O2S2/c1-15(2,3)21-14(20)19-7-5-6-10(19)9-23-12-8-11(16)17-13(18-12)22-4/h8,10H,5-7,9H2,1-4H3/t10-/m1/s1. The molecular formula is C15H22ClN3O2S2. The van der Waals surface area contributed by atoms with Crippen molar-refractivity contribution < 1.29 is 9.53 Å². The van der Waals surface area contributed by atoms with Crippen molar-refractivity contribution in [2.24, 2.45) is 0 Å². The van der Waals surface area contributed by atoms with Crippen molar-refractivity contribution >= 4 is 41.2 Å². The summed E-state index contributed by atoms with van der Waals surface area (Å²) in [6.07, 6.45) is 3.68. The summed E-state index contributed by atoms with van der Waals surface area (Å²) >= 11 is 9.08. The van der Waals surface area contributed by atoms with E-state index >= 15 is 0 Å². The van der Waals surface area contributed by atoms with Crippen LogP contribution in [0.3, 0.4) is 0 Å². The number of thioether (sulfide) groups is 2. The highest BCUT2D eigenvalue weighted by molar-refractivity contribution is 7.99. The Morgan fingerprint density at radius 1 is 1.48 bits per heavy atom. The number of carbonyl (C=O) groups is 1. The lowest BCUT2D eigenvalue weighted by atomic mass is 10.2. The highest BCUT2D eigenvalue weighted by Gasteiger charge is 2.32. The molecule has 1 saturated heterocycles. The van der Waals surface area contributed by atoms with Gasteiger partial charge >= 0.3 is 6.09 Å². The fourth-order valence-electron chi connectivity index (χ4n) is 2.29. The first-order chi connectivity index (χ1) is 10.8. The molecule has 2 heterocycles. The van der Waals surface area contributed by atoms with Crippen LogP contribution in [0.4, 0.5) is 4.79 Å². The normalized spacial score (nSPS) is 18.3. The Morgan fingerprint density at radius 3 is 2.87 bits per heavy atom. The molecule has 0 aromatic carbocycles. The molecule has 1 fully saturated rings. The van der Waals surface area contributed by atoms with Gasteiger partial charge in [-0.05, 0) is 39.9 Å². The second kappa shape index (κ2) is 7.94. The molecular weight excluding hydrogens is 354 g/mol. The number of rotatable bonds is 4. The Labute approximate surface area is 150 Å². The van der Waals surface area contributed by atoms with Crippen molar-refractivity contribution in [1.82, 2.24) is 14.9 Å². The Kier molecular flexibility index (Phi) is 6.45. The highest BCUT2D eigenvalue weighted by atomic mass is 35.5. The van der Waals surface area contributed by atoms with Crippen molar-refractivity contribution in [3.63, 3.8) is 0 Å². The summed E-state index contributed by atoms with van der Waals surface area (Å²) in [5, 5.41) is 1.95. The van der Waals surface area contributed by atoms with Crippen LogP contribution in [0.1, 0.15) is 33.6 Å². The molecule has 0 bridgehead atoms. The zero-order chi connectivity index (χ0) is 17.0. The van der Waals surface area contributed by atoms with Gasteiger partial charge in [-0.2, -0.15) is 0 Å². The van der Waals surface area contributed by atoms with Gasteiger partial charge in [0.2, 0.25) is 0 Å². The number of hydrogen-bond donors (Lipinski definition) is 0. The minimum Gasteiger partial charge on any atom is -0.444 e. The number of aromatic nitrogens is 2. The predicted octanol–water partition coefficient (Wildman–Crippen LogP) is 4.34. The lowest BCUT2D eigenvalue weighted by Crippen LogP contribution is -2.40. The minimum absolute atomic E-state index is 0.168. The molecule has 128 valence electrons. The maximum Gasteiger partial charge on any atom is 0.410 e. The predicted molar refractivity (Wildman–Crippen MR) is 95.5 cm³/mol. The molecule has 0 aliphatic carbocycles. The summed E-state index contributed by atoms with van der Waals surface area (Å²) < 4.78 is 5.49. The Balaban J connectivity index is 1.96. The van der Waals surface area contributed by atoms with Gasteiger partial charge in [0, 0.05) is 24.4 Å². The van der Waals surface area contributed by atoms with E-state index in [1.165, 1.54) is 11.8 Å².